The molecule has 0 unspecified atom stereocenters. The summed E-state index contributed by atoms with van der Waals surface area (Å²) in [7, 11) is 4.24. The van der Waals surface area contributed by atoms with Crippen LogP contribution in [-0.2, 0) is 6.42 Å². The van der Waals surface area contributed by atoms with E-state index in [4.69, 9.17) is 0 Å². The second-order valence-electron chi connectivity index (χ2n) is 5.11. The quantitative estimate of drug-likeness (QED) is 0.737. The van der Waals surface area contributed by atoms with Crippen LogP contribution >= 0.6 is 0 Å². The van der Waals surface area contributed by atoms with Crippen LogP contribution in [0.3, 0.4) is 0 Å². The van der Waals surface area contributed by atoms with E-state index in [2.05, 4.69) is 55.3 Å². The van der Waals surface area contributed by atoms with Crippen molar-refractivity contribution in [1.29, 1.82) is 0 Å². The Balaban J connectivity index is 2.37. The van der Waals surface area contributed by atoms with Gasteiger partial charge in [0.2, 0.25) is 0 Å². The van der Waals surface area contributed by atoms with Crippen molar-refractivity contribution in [2.45, 2.75) is 39.2 Å². The van der Waals surface area contributed by atoms with Gasteiger partial charge in [0.1, 0.15) is 5.82 Å². The fourth-order valence-corrected chi connectivity index (χ4v) is 1.76. The molecule has 17 heavy (non-hydrogen) atoms. The van der Waals surface area contributed by atoms with Gasteiger partial charge in [-0.3, -0.25) is 0 Å². The molecular weight excluding hydrogens is 210 g/mol. The zero-order valence-electron chi connectivity index (χ0n) is 11.5. The molecule has 0 spiro atoms. The standard InChI is InChI=1S/C14H25N3/c1-12(2)16-14-11-13(8-9-15-14)7-5-6-10-17(3)4/h8-9,11-12H,5-7,10H2,1-4H3,(H,15,16). The highest BCUT2D eigenvalue weighted by Gasteiger charge is 1.99. The van der Waals surface area contributed by atoms with E-state index in [0.717, 1.165) is 12.2 Å². The molecule has 3 nitrogen and oxygen atoms in total. The summed E-state index contributed by atoms with van der Waals surface area (Å²) < 4.78 is 0. The molecule has 0 fully saturated rings. The lowest BCUT2D eigenvalue weighted by atomic mass is 10.1. The van der Waals surface area contributed by atoms with Gasteiger partial charge in [0.25, 0.3) is 0 Å². The van der Waals surface area contributed by atoms with Crippen LogP contribution in [0.2, 0.25) is 0 Å². The smallest absolute Gasteiger partial charge is 0.126 e. The zero-order chi connectivity index (χ0) is 12.7. The Hall–Kier alpha value is -1.09. The number of rotatable bonds is 7. The van der Waals surface area contributed by atoms with E-state index in [1.165, 1.54) is 24.9 Å². The van der Waals surface area contributed by atoms with Gasteiger partial charge in [0.15, 0.2) is 0 Å². The summed E-state index contributed by atoms with van der Waals surface area (Å²) in [6.07, 6.45) is 5.53. The van der Waals surface area contributed by atoms with Crippen molar-refractivity contribution in [2.24, 2.45) is 0 Å². The fraction of sp³-hybridized carbons (Fsp3) is 0.643. The molecule has 1 aromatic heterocycles. The summed E-state index contributed by atoms with van der Waals surface area (Å²) in [6, 6.07) is 4.71. The van der Waals surface area contributed by atoms with Gasteiger partial charge < -0.3 is 10.2 Å². The van der Waals surface area contributed by atoms with Gasteiger partial charge in [-0.1, -0.05) is 0 Å². The maximum atomic E-state index is 4.32. The number of nitrogens with one attached hydrogen (secondary N) is 1. The molecule has 1 heterocycles. The molecule has 0 bridgehead atoms. The number of nitrogens with zero attached hydrogens (tertiary/aromatic N) is 2. The van der Waals surface area contributed by atoms with Crippen LogP contribution in [0, 0.1) is 0 Å². The maximum absolute atomic E-state index is 4.32. The molecule has 0 saturated carbocycles. The first-order valence-electron chi connectivity index (χ1n) is 6.44. The van der Waals surface area contributed by atoms with E-state index in [9.17, 15) is 0 Å². The molecule has 0 aliphatic rings. The molecule has 0 aliphatic carbocycles. The van der Waals surface area contributed by atoms with Crippen LogP contribution in [0.25, 0.3) is 0 Å². The van der Waals surface area contributed by atoms with Crippen LogP contribution in [0.5, 0.6) is 0 Å². The predicted octanol–water partition coefficient (Wildman–Crippen LogP) is 2.79. The van der Waals surface area contributed by atoms with Crippen molar-refractivity contribution < 1.29 is 0 Å². The molecule has 0 aliphatic heterocycles. The Bertz CT molecular complexity index is 321. The van der Waals surface area contributed by atoms with Crippen LogP contribution < -0.4 is 5.32 Å². The monoisotopic (exact) mass is 235 g/mol. The third-order valence-corrected chi connectivity index (χ3v) is 2.58. The van der Waals surface area contributed by atoms with Crippen molar-refractivity contribution in [3.05, 3.63) is 23.9 Å². The van der Waals surface area contributed by atoms with Crippen molar-refractivity contribution >= 4 is 5.82 Å². The second-order valence-corrected chi connectivity index (χ2v) is 5.11. The Morgan fingerprint density at radius 2 is 2.06 bits per heavy atom. The average molecular weight is 235 g/mol. The Morgan fingerprint density at radius 1 is 1.29 bits per heavy atom. The highest BCUT2D eigenvalue weighted by atomic mass is 15.0. The van der Waals surface area contributed by atoms with Gasteiger partial charge in [-0.25, -0.2) is 4.98 Å². The summed E-state index contributed by atoms with van der Waals surface area (Å²) in [6.45, 7) is 5.43. The van der Waals surface area contributed by atoms with Gasteiger partial charge in [-0.2, -0.15) is 0 Å². The minimum atomic E-state index is 0.437. The lowest BCUT2D eigenvalue weighted by Gasteiger charge is -2.11. The molecule has 1 aromatic rings. The largest absolute Gasteiger partial charge is 0.368 e. The molecular formula is C14H25N3. The first-order valence-corrected chi connectivity index (χ1v) is 6.44. The predicted molar refractivity (Wildman–Crippen MR) is 74.5 cm³/mol. The molecule has 0 saturated heterocycles. The molecule has 0 amide bonds. The third-order valence-electron chi connectivity index (χ3n) is 2.58. The van der Waals surface area contributed by atoms with Gasteiger partial charge >= 0.3 is 0 Å². The lowest BCUT2D eigenvalue weighted by molar-refractivity contribution is 0.394. The Labute approximate surface area is 105 Å². The molecule has 3 heteroatoms. The van der Waals surface area contributed by atoms with E-state index in [1.54, 1.807) is 0 Å². The minimum absolute atomic E-state index is 0.437. The van der Waals surface area contributed by atoms with Crippen molar-refractivity contribution in [3.8, 4) is 0 Å². The number of aryl methyl sites for hydroxylation is 1. The third kappa shape index (κ3) is 6.27. The number of unbranched alkanes of at least 4 members (excludes halogenated alkanes) is 1. The van der Waals surface area contributed by atoms with Crippen molar-refractivity contribution in [1.82, 2.24) is 9.88 Å². The van der Waals surface area contributed by atoms with Crippen molar-refractivity contribution in [3.63, 3.8) is 0 Å². The van der Waals surface area contributed by atoms with Crippen LogP contribution in [0.1, 0.15) is 32.3 Å². The van der Waals surface area contributed by atoms with Gasteiger partial charge in [0.05, 0.1) is 0 Å². The van der Waals surface area contributed by atoms with Crippen LogP contribution in [-0.4, -0.2) is 36.6 Å². The van der Waals surface area contributed by atoms with E-state index in [1.807, 2.05) is 6.20 Å². The number of aromatic nitrogens is 1. The summed E-state index contributed by atoms with van der Waals surface area (Å²) in [5, 5.41) is 3.33. The van der Waals surface area contributed by atoms with Crippen LogP contribution in [0.15, 0.2) is 18.3 Å². The molecule has 0 radical (unpaired) electrons. The molecule has 1 rings (SSSR count). The number of anilines is 1. The SMILES string of the molecule is CC(C)Nc1cc(CCCCN(C)C)ccn1. The topological polar surface area (TPSA) is 28.2 Å². The summed E-state index contributed by atoms with van der Waals surface area (Å²) in [5.41, 5.74) is 1.38. The summed E-state index contributed by atoms with van der Waals surface area (Å²) >= 11 is 0. The summed E-state index contributed by atoms with van der Waals surface area (Å²) in [4.78, 5) is 6.55. The Morgan fingerprint density at radius 3 is 2.71 bits per heavy atom. The first-order chi connectivity index (χ1) is 8.08. The number of pyridine rings is 1. The minimum Gasteiger partial charge on any atom is -0.368 e. The fourth-order valence-electron chi connectivity index (χ4n) is 1.76. The van der Waals surface area contributed by atoms with Gasteiger partial charge in [-0.05, 0) is 71.4 Å². The van der Waals surface area contributed by atoms with E-state index in [-0.39, 0.29) is 0 Å². The highest BCUT2D eigenvalue weighted by molar-refractivity contribution is 5.38. The van der Waals surface area contributed by atoms with Crippen molar-refractivity contribution in [2.75, 3.05) is 26.0 Å². The second kappa shape index (κ2) is 7.28. The number of hydrogen-bond donors (Lipinski definition) is 1. The first kappa shape index (κ1) is 14.0. The molecule has 96 valence electrons. The van der Waals surface area contributed by atoms with E-state index in [0.29, 0.717) is 6.04 Å². The average Bonchev–Trinajstić information content (AvgIpc) is 2.24. The van der Waals surface area contributed by atoms with E-state index < -0.39 is 0 Å². The zero-order valence-corrected chi connectivity index (χ0v) is 11.5. The number of hydrogen-bond acceptors (Lipinski definition) is 3. The highest BCUT2D eigenvalue weighted by Crippen LogP contribution is 2.10. The Kier molecular flexibility index (Phi) is 5.98. The molecule has 0 atom stereocenters. The van der Waals surface area contributed by atoms with Gasteiger partial charge in [0, 0.05) is 12.2 Å². The normalized spacial score (nSPS) is 11.2. The van der Waals surface area contributed by atoms with Crippen LogP contribution in [0.4, 0.5) is 5.82 Å². The van der Waals surface area contributed by atoms with E-state index >= 15 is 0 Å². The lowest BCUT2D eigenvalue weighted by Crippen LogP contribution is -2.13. The molecule has 0 aromatic carbocycles. The van der Waals surface area contributed by atoms with Gasteiger partial charge in [-0.15, -0.1) is 0 Å². The maximum Gasteiger partial charge on any atom is 0.126 e. The molecule has 1 N–H and O–H groups in total. The summed E-state index contributed by atoms with van der Waals surface area (Å²) in [5.74, 6) is 0.991.